The summed E-state index contributed by atoms with van der Waals surface area (Å²) in [6, 6.07) is 16.5. The lowest BCUT2D eigenvalue weighted by atomic mass is 10.1. The lowest BCUT2D eigenvalue weighted by molar-refractivity contribution is 0.758. The zero-order chi connectivity index (χ0) is 14.4. The summed E-state index contributed by atoms with van der Waals surface area (Å²) in [7, 11) is 0. The van der Waals surface area contributed by atoms with E-state index in [1.807, 2.05) is 35.7 Å². The maximum Gasteiger partial charge on any atom is 0.211 e. The molecule has 3 aromatic rings. The zero-order valence-electron chi connectivity index (χ0n) is 11.7. The van der Waals surface area contributed by atoms with Crippen molar-refractivity contribution >= 4 is 32.8 Å². The molecule has 1 aliphatic rings. The minimum atomic E-state index is 0.132. The van der Waals surface area contributed by atoms with Gasteiger partial charge in [0.25, 0.3) is 0 Å². The molecule has 0 saturated heterocycles. The van der Waals surface area contributed by atoms with Crippen LogP contribution in [-0.2, 0) is 6.42 Å². The second-order valence-corrected chi connectivity index (χ2v) is 6.41. The largest absolute Gasteiger partial charge is 0.334 e. The molecule has 3 heteroatoms. The lowest BCUT2D eigenvalue weighted by Crippen LogP contribution is -2.28. The molecule has 0 N–H and O–H groups in total. The zero-order valence-corrected chi connectivity index (χ0v) is 12.6. The third-order valence-corrected chi connectivity index (χ3v) is 5.08. The molecule has 2 nitrogen and oxygen atoms in total. The second-order valence-electron chi connectivity index (χ2n) is 5.50. The van der Waals surface area contributed by atoms with Crippen LogP contribution in [0.15, 0.2) is 58.7 Å². The summed E-state index contributed by atoms with van der Waals surface area (Å²) < 4.78 is 1.05. The molecule has 2 aromatic carbocycles. The van der Waals surface area contributed by atoms with Crippen LogP contribution in [0, 0.1) is 0 Å². The SMILES string of the molecule is C[C@@H]1Cc2ccccc2N1c1csc2ccccc2c1=O. The fraction of sp³-hybridized carbons (Fsp3) is 0.167. The van der Waals surface area contributed by atoms with Crippen molar-refractivity contribution in [2.24, 2.45) is 0 Å². The Bertz CT molecular complexity index is 884. The van der Waals surface area contributed by atoms with Crippen molar-refractivity contribution < 1.29 is 0 Å². The van der Waals surface area contributed by atoms with Gasteiger partial charge in [-0.15, -0.1) is 11.3 Å². The third kappa shape index (κ3) is 1.88. The number of para-hydroxylation sites is 1. The summed E-state index contributed by atoms with van der Waals surface area (Å²) in [6.45, 7) is 2.18. The van der Waals surface area contributed by atoms with Crippen molar-refractivity contribution in [2.45, 2.75) is 19.4 Å². The minimum absolute atomic E-state index is 0.132. The summed E-state index contributed by atoms with van der Waals surface area (Å²) >= 11 is 1.64. The number of nitrogens with zero attached hydrogens (tertiary/aromatic N) is 1. The highest BCUT2D eigenvalue weighted by molar-refractivity contribution is 7.16. The molecule has 21 heavy (non-hydrogen) atoms. The fourth-order valence-electron chi connectivity index (χ4n) is 3.17. The first-order valence-corrected chi connectivity index (χ1v) is 8.01. The van der Waals surface area contributed by atoms with Gasteiger partial charge in [-0.3, -0.25) is 4.79 Å². The van der Waals surface area contributed by atoms with Crippen LogP contribution in [0.5, 0.6) is 0 Å². The van der Waals surface area contributed by atoms with E-state index in [1.165, 1.54) is 11.3 Å². The molecule has 0 bridgehead atoms. The fourth-order valence-corrected chi connectivity index (χ4v) is 4.07. The van der Waals surface area contributed by atoms with Gasteiger partial charge in [-0.05, 0) is 37.1 Å². The normalized spacial score (nSPS) is 17.2. The number of anilines is 2. The number of fused-ring (bicyclic) bond motifs is 2. The predicted molar refractivity (Wildman–Crippen MR) is 89.8 cm³/mol. The summed E-state index contributed by atoms with van der Waals surface area (Å²) in [6.07, 6.45) is 0.993. The van der Waals surface area contributed by atoms with Gasteiger partial charge in [-0.1, -0.05) is 30.3 Å². The molecule has 1 aromatic heterocycles. The number of benzene rings is 2. The molecule has 4 rings (SSSR count). The molecular formula is C18H15NOS. The molecule has 104 valence electrons. The Morgan fingerprint density at radius 2 is 1.81 bits per heavy atom. The van der Waals surface area contributed by atoms with Gasteiger partial charge in [0.05, 0.1) is 0 Å². The summed E-state index contributed by atoms with van der Waals surface area (Å²) in [5.74, 6) is 0. The Labute approximate surface area is 127 Å². The predicted octanol–water partition coefficient (Wildman–Crippen LogP) is 4.34. The molecule has 1 atom stereocenters. The standard InChI is InChI=1S/C18H15NOS/c1-12-10-13-6-2-4-8-15(13)19(12)16-11-21-17-9-5-3-7-14(17)18(16)20/h2-9,11-12H,10H2,1H3/t12-/m1/s1. The maximum absolute atomic E-state index is 12.8. The summed E-state index contributed by atoms with van der Waals surface area (Å²) in [5, 5.41) is 2.82. The van der Waals surface area contributed by atoms with E-state index in [0.29, 0.717) is 6.04 Å². The van der Waals surface area contributed by atoms with Gasteiger partial charge >= 0.3 is 0 Å². The second kappa shape index (κ2) is 4.71. The first kappa shape index (κ1) is 12.6. The van der Waals surface area contributed by atoms with E-state index >= 15 is 0 Å². The van der Waals surface area contributed by atoms with E-state index in [-0.39, 0.29) is 5.43 Å². The van der Waals surface area contributed by atoms with Gasteiger partial charge in [0.1, 0.15) is 5.69 Å². The summed E-state index contributed by atoms with van der Waals surface area (Å²) in [4.78, 5) is 15.0. The van der Waals surface area contributed by atoms with Crippen LogP contribution in [0.1, 0.15) is 12.5 Å². The number of rotatable bonds is 1. The van der Waals surface area contributed by atoms with Crippen LogP contribution >= 0.6 is 11.3 Å². The lowest BCUT2D eigenvalue weighted by Gasteiger charge is -2.24. The van der Waals surface area contributed by atoms with Crippen molar-refractivity contribution in [3.8, 4) is 0 Å². The van der Waals surface area contributed by atoms with Crippen LogP contribution in [0.25, 0.3) is 10.1 Å². The van der Waals surface area contributed by atoms with E-state index < -0.39 is 0 Å². The molecule has 0 amide bonds. The molecule has 0 aliphatic carbocycles. The van der Waals surface area contributed by atoms with E-state index in [0.717, 1.165) is 22.2 Å². The molecule has 0 radical (unpaired) electrons. The van der Waals surface area contributed by atoms with Crippen molar-refractivity contribution in [3.05, 3.63) is 69.7 Å². The van der Waals surface area contributed by atoms with Gasteiger partial charge in [0.2, 0.25) is 5.43 Å². The smallest absolute Gasteiger partial charge is 0.211 e. The maximum atomic E-state index is 12.8. The molecule has 0 saturated carbocycles. The Kier molecular flexibility index (Phi) is 2.82. The Hall–Kier alpha value is -2.13. The van der Waals surface area contributed by atoms with Gasteiger partial charge in [-0.25, -0.2) is 0 Å². The molecule has 1 aliphatic heterocycles. The van der Waals surface area contributed by atoms with E-state index in [2.05, 4.69) is 30.0 Å². The van der Waals surface area contributed by atoms with Crippen molar-refractivity contribution in [1.82, 2.24) is 0 Å². The first-order valence-electron chi connectivity index (χ1n) is 7.13. The van der Waals surface area contributed by atoms with Gasteiger partial charge in [-0.2, -0.15) is 0 Å². The van der Waals surface area contributed by atoms with Crippen LogP contribution in [0.2, 0.25) is 0 Å². The third-order valence-electron chi connectivity index (χ3n) is 4.13. The number of hydrogen-bond acceptors (Lipinski definition) is 3. The van der Waals surface area contributed by atoms with Crippen LogP contribution < -0.4 is 10.3 Å². The molecule has 2 heterocycles. The average molecular weight is 293 g/mol. The van der Waals surface area contributed by atoms with Crippen molar-refractivity contribution in [2.75, 3.05) is 4.90 Å². The van der Waals surface area contributed by atoms with Gasteiger partial charge in [0.15, 0.2) is 0 Å². The first-order chi connectivity index (χ1) is 10.3. The Balaban J connectivity index is 1.95. The quantitative estimate of drug-likeness (QED) is 0.665. The topological polar surface area (TPSA) is 20.3 Å². The van der Waals surface area contributed by atoms with Crippen LogP contribution in [0.4, 0.5) is 11.4 Å². The van der Waals surface area contributed by atoms with E-state index in [1.54, 1.807) is 11.3 Å². The van der Waals surface area contributed by atoms with Crippen LogP contribution in [0.3, 0.4) is 0 Å². The van der Waals surface area contributed by atoms with Gasteiger partial charge in [0, 0.05) is 27.2 Å². The molecule has 0 fully saturated rings. The van der Waals surface area contributed by atoms with Gasteiger partial charge < -0.3 is 4.90 Å². The molecule has 0 spiro atoms. The Morgan fingerprint density at radius 3 is 2.71 bits per heavy atom. The van der Waals surface area contributed by atoms with Crippen LogP contribution in [-0.4, -0.2) is 6.04 Å². The minimum Gasteiger partial charge on any atom is -0.334 e. The highest BCUT2D eigenvalue weighted by atomic mass is 32.1. The monoisotopic (exact) mass is 293 g/mol. The van der Waals surface area contributed by atoms with Crippen molar-refractivity contribution in [1.29, 1.82) is 0 Å². The van der Waals surface area contributed by atoms with Crippen molar-refractivity contribution in [3.63, 3.8) is 0 Å². The highest BCUT2D eigenvalue weighted by Crippen LogP contribution is 2.37. The molecule has 0 unspecified atom stereocenters. The highest BCUT2D eigenvalue weighted by Gasteiger charge is 2.28. The summed E-state index contributed by atoms with van der Waals surface area (Å²) in [5.41, 5.74) is 3.43. The van der Waals surface area contributed by atoms with E-state index in [4.69, 9.17) is 0 Å². The molecular weight excluding hydrogens is 278 g/mol. The van der Waals surface area contributed by atoms with E-state index in [9.17, 15) is 4.79 Å². The number of hydrogen-bond donors (Lipinski definition) is 0. The average Bonchev–Trinajstić information content (AvgIpc) is 2.84. The Morgan fingerprint density at radius 1 is 1.05 bits per heavy atom.